The molecule has 0 saturated carbocycles. The maximum absolute atomic E-state index is 14.0. The van der Waals surface area contributed by atoms with Crippen LogP contribution < -0.4 is 5.73 Å². The Balaban J connectivity index is 2.57. The second-order valence-corrected chi connectivity index (χ2v) is 5.45. The minimum absolute atomic E-state index is 0.153. The molecule has 0 aliphatic carbocycles. The maximum Gasteiger partial charge on any atom is 0.419 e. The van der Waals surface area contributed by atoms with Crippen molar-refractivity contribution in [3.05, 3.63) is 40.2 Å². The van der Waals surface area contributed by atoms with E-state index in [1.807, 2.05) is 0 Å². The zero-order valence-corrected chi connectivity index (χ0v) is 11.6. The molecule has 2 N–H and O–H groups in total. The van der Waals surface area contributed by atoms with Gasteiger partial charge >= 0.3 is 6.18 Å². The number of nitrogens with zero attached hydrogens (tertiary/aromatic N) is 1. The highest BCUT2D eigenvalue weighted by Crippen LogP contribution is 2.37. The van der Waals surface area contributed by atoms with Crippen LogP contribution in [0.3, 0.4) is 0 Å². The van der Waals surface area contributed by atoms with Crippen molar-refractivity contribution >= 4 is 11.3 Å². The SMILES string of the molecule is Cc1nc(-c2cccc(C(F)(F)F)c2F)sc1C(C)N. The normalized spacial score (nSPS) is 13.6. The van der Waals surface area contributed by atoms with Crippen molar-refractivity contribution in [3.63, 3.8) is 0 Å². The molecule has 108 valence electrons. The number of halogens is 4. The maximum atomic E-state index is 14.0. The summed E-state index contributed by atoms with van der Waals surface area (Å²) < 4.78 is 52.1. The second kappa shape index (κ2) is 5.14. The summed E-state index contributed by atoms with van der Waals surface area (Å²) >= 11 is 1.11. The van der Waals surface area contributed by atoms with Gasteiger partial charge in [-0.05, 0) is 26.0 Å². The molecule has 0 amide bonds. The minimum Gasteiger partial charge on any atom is -0.323 e. The van der Waals surface area contributed by atoms with Crippen LogP contribution in [0.4, 0.5) is 17.6 Å². The van der Waals surface area contributed by atoms with Gasteiger partial charge in [-0.1, -0.05) is 6.07 Å². The number of thiazole rings is 1. The summed E-state index contributed by atoms with van der Waals surface area (Å²) in [6.07, 6.45) is -4.73. The van der Waals surface area contributed by atoms with Crippen LogP contribution in [0.2, 0.25) is 0 Å². The Morgan fingerprint density at radius 2 is 1.95 bits per heavy atom. The number of nitrogens with two attached hydrogens (primary N) is 1. The largest absolute Gasteiger partial charge is 0.419 e. The first-order valence-electron chi connectivity index (χ1n) is 5.80. The van der Waals surface area contributed by atoms with Crippen molar-refractivity contribution < 1.29 is 17.6 Å². The lowest BCUT2D eigenvalue weighted by atomic mass is 10.1. The van der Waals surface area contributed by atoms with Crippen LogP contribution in [-0.4, -0.2) is 4.98 Å². The Kier molecular flexibility index (Phi) is 3.84. The third-order valence-corrected chi connectivity index (χ3v) is 4.17. The Hall–Kier alpha value is -1.47. The number of alkyl halides is 3. The van der Waals surface area contributed by atoms with Crippen LogP contribution in [0.5, 0.6) is 0 Å². The fraction of sp³-hybridized carbons (Fsp3) is 0.308. The molecule has 1 aromatic carbocycles. The summed E-state index contributed by atoms with van der Waals surface area (Å²) in [7, 11) is 0. The average molecular weight is 304 g/mol. The van der Waals surface area contributed by atoms with Crippen LogP contribution in [0, 0.1) is 12.7 Å². The number of aromatic nitrogens is 1. The first-order chi connectivity index (χ1) is 9.21. The molecule has 2 aromatic rings. The van der Waals surface area contributed by atoms with Gasteiger partial charge in [0.2, 0.25) is 0 Å². The lowest BCUT2D eigenvalue weighted by Crippen LogP contribution is -2.08. The summed E-state index contributed by atoms with van der Waals surface area (Å²) in [4.78, 5) is 4.85. The molecule has 2 nitrogen and oxygen atoms in total. The van der Waals surface area contributed by atoms with Gasteiger partial charge in [0.05, 0.1) is 11.3 Å². The van der Waals surface area contributed by atoms with Crippen LogP contribution in [0.1, 0.15) is 29.1 Å². The molecule has 0 aliphatic heterocycles. The molecule has 0 spiro atoms. The average Bonchev–Trinajstić information content (AvgIpc) is 2.70. The van der Waals surface area contributed by atoms with Crippen LogP contribution in [0.25, 0.3) is 10.6 Å². The smallest absolute Gasteiger partial charge is 0.323 e. The molecule has 1 aromatic heterocycles. The fourth-order valence-corrected chi connectivity index (χ4v) is 2.90. The van der Waals surface area contributed by atoms with E-state index in [2.05, 4.69) is 4.98 Å². The monoisotopic (exact) mass is 304 g/mol. The molecule has 0 saturated heterocycles. The van der Waals surface area contributed by atoms with E-state index >= 15 is 0 Å². The molecule has 1 heterocycles. The number of benzene rings is 1. The van der Waals surface area contributed by atoms with E-state index in [9.17, 15) is 17.6 Å². The highest BCUT2D eigenvalue weighted by atomic mass is 32.1. The lowest BCUT2D eigenvalue weighted by molar-refractivity contribution is -0.139. The summed E-state index contributed by atoms with van der Waals surface area (Å²) in [5, 5.41) is 0.207. The Bertz CT molecular complexity index is 632. The predicted molar refractivity (Wildman–Crippen MR) is 69.8 cm³/mol. The topological polar surface area (TPSA) is 38.9 Å². The Morgan fingerprint density at radius 1 is 1.30 bits per heavy atom. The van der Waals surface area contributed by atoms with Crippen molar-refractivity contribution in [2.24, 2.45) is 5.73 Å². The van der Waals surface area contributed by atoms with Crippen molar-refractivity contribution in [3.8, 4) is 10.6 Å². The lowest BCUT2D eigenvalue weighted by Gasteiger charge is -2.09. The van der Waals surface area contributed by atoms with E-state index in [0.29, 0.717) is 11.8 Å². The van der Waals surface area contributed by atoms with Gasteiger partial charge in [-0.2, -0.15) is 13.2 Å². The number of hydrogen-bond donors (Lipinski definition) is 1. The number of hydrogen-bond acceptors (Lipinski definition) is 3. The second-order valence-electron chi connectivity index (χ2n) is 4.42. The van der Waals surface area contributed by atoms with Gasteiger partial charge in [0.25, 0.3) is 0 Å². The third kappa shape index (κ3) is 2.69. The van der Waals surface area contributed by atoms with Gasteiger partial charge in [0.15, 0.2) is 0 Å². The zero-order chi connectivity index (χ0) is 15.1. The molecule has 0 fully saturated rings. The predicted octanol–water partition coefficient (Wildman–Crippen LogP) is 4.30. The Morgan fingerprint density at radius 3 is 2.45 bits per heavy atom. The van der Waals surface area contributed by atoms with Crippen molar-refractivity contribution in [1.82, 2.24) is 4.98 Å². The van der Waals surface area contributed by atoms with Crippen molar-refractivity contribution in [2.45, 2.75) is 26.1 Å². The van der Waals surface area contributed by atoms with E-state index in [0.717, 1.165) is 16.2 Å². The van der Waals surface area contributed by atoms with Gasteiger partial charge in [-0.15, -0.1) is 11.3 Å². The first-order valence-corrected chi connectivity index (χ1v) is 6.62. The molecule has 0 aliphatic rings. The zero-order valence-electron chi connectivity index (χ0n) is 10.8. The van der Waals surface area contributed by atoms with Crippen molar-refractivity contribution in [2.75, 3.05) is 0 Å². The minimum atomic E-state index is -4.73. The summed E-state index contributed by atoms with van der Waals surface area (Å²) in [6, 6.07) is 2.87. The summed E-state index contributed by atoms with van der Waals surface area (Å²) in [5.74, 6) is -1.30. The highest BCUT2D eigenvalue weighted by Gasteiger charge is 2.35. The van der Waals surface area contributed by atoms with Crippen LogP contribution in [0.15, 0.2) is 18.2 Å². The quantitative estimate of drug-likeness (QED) is 0.840. The highest BCUT2D eigenvalue weighted by molar-refractivity contribution is 7.15. The van der Waals surface area contributed by atoms with Gasteiger partial charge in [-0.3, -0.25) is 0 Å². The van der Waals surface area contributed by atoms with Crippen LogP contribution in [-0.2, 0) is 6.18 Å². The van der Waals surface area contributed by atoms with E-state index in [4.69, 9.17) is 5.73 Å². The number of aryl methyl sites for hydroxylation is 1. The van der Waals surface area contributed by atoms with E-state index in [1.165, 1.54) is 12.1 Å². The van der Waals surface area contributed by atoms with Gasteiger partial charge in [-0.25, -0.2) is 9.37 Å². The number of rotatable bonds is 2. The third-order valence-electron chi connectivity index (χ3n) is 2.78. The van der Waals surface area contributed by atoms with E-state index in [1.54, 1.807) is 13.8 Å². The van der Waals surface area contributed by atoms with Gasteiger partial charge < -0.3 is 5.73 Å². The van der Waals surface area contributed by atoms with Gasteiger partial charge in [0, 0.05) is 16.5 Å². The molecule has 2 rings (SSSR count). The first kappa shape index (κ1) is 14.9. The van der Waals surface area contributed by atoms with Crippen LogP contribution >= 0.6 is 11.3 Å². The van der Waals surface area contributed by atoms with E-state index in [-0.39, 0.29) is 16.6 Å². The molecule has 1 unspecified atom stereocenters. The molecule has 20 heavy (non-hydrogen) atoms. The molecular formula is C13H12F4N2S. The molecule has 0 radical (unpaired) electrons. The molecule has 7 heteroatoms. The summed E-state index contributed by atoms with van der Waals surface area (Å²) in [5.41, 5.74) is 4.91. The van der Waals surface area contributed by atoms with Gasteiger partial charge in [0.1, 0.15) is 10.8 Å². The Labute approximate surface area is 117 Å². The molecule has 1 atom stereocenters. The molecule has 0 bridgehead atoms. The van der Waals surface area contributed by atoms with E-state index < -0.39 is 17.6 Å². The standard InChI is InChI=1S/C13H12F4N2S/c1-6(18)11-7(2)19-12(20-11)8-4-3-5-9(10(8)14)13(15,16)17/h3-6H,18H2,1-2H3. The van der Waals surface area contributed by atoms with Crippen molar-refractivity contribution in [1.29, 1.82) is 0 Å². The fourth-order valence-electron chi connectivity index (χ4n) is 1.86. The summed E-state index contributed by atoms with van der Waals surface area (Å²) in [6.45, 7) is 3.44. The molecular weight excluding hydrogens is 292 g/mol.